The van der Waals surface area contributed by atoms with Gasteiger partial charge in [-0.1, -0.05) is 12.8 Å². The third-order valence-electron chi connectivity index (χ3n) is 5.42. The normalized spacial score (nSPS) is 19.0. The van der Waals surface area contributed by atoms with Crippen molar-refractivity contribution >= 4 is 5.96 Å². The number of nitrogens with zero attached hydrogens (tertiary/aromatic N) is 3. The Morgan fingerprint density at radius 3 is 2.31 bits per heavy atom. The molecule has 0 bridgehead atoms. The number of ether oxygens (including phenoxy) is 2. The minimum atomic E-state index is 0.718. The number of likely N-dealkylation sites (tertiary alicyclic amines) is 1. The van der Waals surface area contributed by atoms with Gasteiger partial charge in [-0.05, 0) is 42.5 Å². The highest BCUT2D eigenvalue weighted by Crippen LogP contribution is 2.33. The summed E-state index contributed by atoms with van der Waals surface area (Å²) in [5.74, 6) is 2.33. The van der Waals surface area contributed by atoms with E-state index in [1.807, 2.05) is 0 Å². The van der Waals surface area contributed by atoms with Gasteiger partial charge in [0.05, 0.1) is 20.8 Å². The standard InChI is InChI=1S/C20H32N4O2/c1-25-18-13-16-7-11-23(15-17(16)14-19(18)26-2)12-8-22-20(21)24-9-5-3-4-6-10-24/h13-14H,3-12,15H2,1-2H3,(H2,21,22). The SMILES string of the molecule is COc1cc2c(cc1OC)CN(CCN=C(N)N1CCCCCC1)CC2. The number of aliphatic imine (C=N–C) groups is 1. The predicted molar refractivity (Wildman–Crippen MR) is 105 cm³/mol. The molecular weight excluding hydrogens is 328 g/mol. The van der Waals surface area contributed by atoms with Crippen LogP contribution in [0.4, 0.5) is 0 Å². The first-order valence-corrected chi connectivity index (χ1v) is 9.72. The summed E-state index contributed by atoms with van der Waals surface area (Å²) in [6.45, 7) is 5.76. The molecule has 1 fully saturated rings. The number of methoxy groups -OCH3 is 2. The number of rotatable bonds is 5. The van der Waals surface area contributed by atoms with E-state index in [0.717, 1.165) is 63.1 Å². The summed E-state index contributed by atoms with van der Waals surface area (Å²) in [6, 6.07) is 4.22. The van der Waals surface area contributed by atoms with Crippen LogP contribution in [0.3, 0.4) is 0 Å². The largest absolute Gasteiger partial charge is 0.493 e. The van der Waals surface area contributed by atoms with Gasteiger partial charge in [0.2, 0.25) is 0 Å². The fourth-order valence-electron chi connectivity index (χ4n) is 3.84. The Balaban J connectivity index is 1.55. The van der Waals surface area contributed by atoms with Crippen molar-refractivity contribution in [2.24, 2.45) is 10.7 Å². The van der Waals surface area contributed by atoms with Crippen LogP contribution in [-0.4, -0.2) is 62.7 Å². The lowest BCUT2D eigenvalue weighted by Gasteiger charge is -2.29. The lowest BCUT2D eigenvalue weighted by atomic mass is 9.99. The first kappa shape index (κ1) is 18.8. The summed E-state index contributed by atoms with van der Waals surface area (Å²) in [5.41, 5.74) is 8.88. The van der Waals surface area contributed by atoms with E-state index in [-0.39, 0.29) is 0 Å². The van der Waals surface area contributed by atoms with Gasteiger partial charge in [0.15, 0.2) is 17.5 Å². The maximum atomic E-state index is 6.21. The van der Waals surface area contributed by atoms with Crippen LogP contribution in [0.5, 0.6) is 11.5 Å². The average Bonchev–Trinajstić information content (AvgIpc) is 2.96. The summed E-state index contributed by atoms with van der Waals surface area (Å²) in [7, 11) is 3.37. The van der Waals surface area contributed by atoms with E-state index in [9.17, 15) is 0 Å². The van der Waals surface area contributed by atoms with Crippen molar-refractivity contribution in [1.82, 2.24) is 9.80 Å². The molecule has 2 aliphatic rings. The zero-order chi connectivity index (χ0) is 18.4. The van der Waals surface area contributed by atoms with Crippen LogP contribution < -0.4 is 15.2 Å². The van der Waals surface area contributed by atoms with E-state index >= 15 is 0 Å². The Hall–Kier alpha value is -1.95. The number of guanidine groups is 1. The monoisotopic (exact) mass is 360 g/mol. The second-order valence-corrected chi connectivity index (χ2v) is 7.14. The topological polar surface area (TPSA) is 63.3 Å². The van der Waals surface area contributed by atoms with Crippen molar-refractivity contribution in [2.45, 2.75) is 38.6 Å². The molecule has 0 amide bonds. The van der Waals surface area contributed by atoms with E-state index in [0.29, 0.717) is 0 Å². The summed E-state index contributed by atoms with van der Waals surface area (Å²) >= 11 is 0. The number of hydrogen-bond acceptors (Lipinski definition) is 4. The van der Waals surface area contributed by atoms with Crippen molar-refractivity contribution in [2.75, 3.05) is 46.9 Å². The molecule has 6 heteroatoms. The number of nitrogens with two attached hydrogens (primary N) is 1. The van der Waals surface area contributed by atoms with Crippen molar-refractivity contribution in [3.8, 4) is 11.5 Å². The second kappa shape index (κ2) is 9.12. The lowest BCUT2D eigenvalue weighted by molar-refractivity contribution is 0.259. The molecule has 0 aromatic heterocycles. The first-order chi connectivity index (χ1) is 12.7. The summed E-state index contributed by atoms with van der Waals surface area (Å²) in [4.78, 5) is 9.32. The predicted octanol–water partition coefficient (Wildman–Crippen LogP) is 2.25. The molecule has 26 heavy (non-hydrogen) atoms. The van der Waals surface area contributed by atoms with Crippen molar-refractivity contribution in [1.29, 1.82) is 0 Å². The van der Waals surface area contributed by atoms with E-state index in [1.165, 1.54) is 36.8 Å². The minimum Gasteiger partial charge on any atom is -0.493 e. The van der Waals surface area contributed by atoms with Crippen molar-refractivity contribution in [3.63, 3.8) is 0 Å². The zero-order valence-corrected chi connectivity index (χ0v) is 16.2. The molecule has 0 saturated carbocycles. The van der Waals surface area contributed by atoms with Crippen LogP contribution in [-0.2, 0) is 13.0 Å². The van der Waals surface area contributed by atoms with Gasteiger partial charge in [-0.3, -0.25) is 9.89 Å². The molecule has 2 aliphatic heterocycles. The molecule has 144 valence electrons. The number of benzene rings is 1. The Labute approximate surface area is 157 Å². The smallest absolute Gasteiger partial charge is 0.191 e. The van der Waals surface area contributed by atoms with Crippen LogP contribution in [0, 0.1) is 0 Å². The molecule has 1 aromatic rings. The molecule has 2 N–H and O–H groups in total. The van der Waals surface area contributed by atoms with Gasteiger partial charge in [-0.25, -0.2) is 0 Å². The molecule has 1 saturated heterocycles. The lowest BCUT2D eigenvalue weighted by Crippen LogP contribution is -2.39. The zero-order valence-electron chi connectivity index (χ0n) is 16.2. The third-order valence-corrected chi connectivity index (χ3v) is 5.42. The van der Waals surface area contributed by atoms with Crippen molar-refractivity contribution in [3.05, 3.63) is 23.3 Å². The van der Waals surface area contributed by atoms with Crippen LogP contribution in [0.15, 0.2) is 17.1 Å². The Bertz CT molecular complexity index is 624. The Morgan fingerprint density at radius 2 is 1.65 bits per heavy atom. The van der Waals surface area contributed by atoms with E-state index in [4.69, 9.17) is 15.2 Å². The molecule has 1 aromatic carbocycles. The average molecular weight is 361 g/mol. The molecular formula is C20H32N4O2. The van der Waals surface area contributed by atoms with Gasteiger partial charge in [0.1, 0.15) is 0 Å². The highest BCUT2D eigenvalue weighted by molar-refractivity contribution is 5.78. The van der Waals surface area contributed by atoms with Crippen LogP contribution in [0.2, 0.25) is 0 Å². The van der Waals surface area contributed by atoms with Gasteiger partial charge < -0.3 is 20.1 Å². The van der Waals surface area contributed by atoms with Gasteiger partial charge in [0, 0.05) is 32.7 Å². The molecule has 6 nitrogen and oxygen atoms in total. The molecule has 2 heterocycles. The first-order valence-electron chi connectivity index (χ1n) is 9.72. The molecule has 0 unspecified atom stereocenters. The quantitative estimate of drug-likeness (QED) is 0.645. The van der Waals surface area contributed by atoms with E-state index < -0.39 is 0 Å². The Kier molecular flexibility index (Phi) is 6.61. The highest BCUT2D eigenvalue weighted by atomic mass is 16.5. The fraction of sp³-hybridized carbons (Fsp3) is 0.650. The van der Waals surface area contributed by atoms with Crippen molar-refractivity contribution < 1.29 is 9.47 Å². The van der Waals surface area contributed by atoms with Crippen LogP contribution >= 0.6 is 0 Å². The fourth-order valence-corrected chi connectivity index (χ4v) is 3.84. The maximum Gasteiger partial charge on any atom is 0.191 e. The minimum absolute atomic E-state index is 0.718. The molecule has 3 rings (SSSR count). The van der Waals surface area contributed by atoms with Crippen LogP contribution in [0.25, 0.3) is 0 Å². The number of fused-ring (bicyclic) bond motifs is 1. The third kappa shape index (κ3) is 4.61. The van der Waals surface area contributed by atoms with Gasteiger partial charge >= 0.3 is 0 Å². The highest BCUT2D eigenvalue weighted by Gasteiger charge is 2.19. The molecule has 0 atom stereocenters. The maximum absolute atomic E-state index is 6.21. The van der Waals surface area contributed by atoms with Crippen LogP contribution in [0.1, 0.15) is 36.8 Å². The molecule has 0 spiro atoms. The summed E-state index contributed by atoms with van der Waals surface area (Å²) < 4.78 is 10.9. The number of hydrogen-bond donors (Lipinski definition) is 1. The van der Waals surface area contributed by atoms with Gasteiger partial charge in [0.25, 0.3) is 0 Å². The second-order valence-electron chi connectivity index (χ2n) is 7.14. The summed E-state index contributed by atoms with van der Waals surface area (Å²) in [5, 5.41) is 0. The molecule has 0 aliphatic carbocycles. The van der Waals surface area contributed by atoms with Gasteiger partial charge in [-0.15, -0.1) is 0 Å². The van der Waals surface area contributed by atoms with Gasteiger partial charge in [-0.2, -0.15) is 0 Å². The van der Waals surface area contributed by atoms with E-state index in [1.54, 1.807) is 14.2 Å². The molecule has 0 radical (unpaired) electrons. The Morgan fingerprint density at radius 1 is 1.00 bits per heavy atom. The van der Waals surface area contributed by atoms with E-state index in [2.05, 4.69) is 26.9 Å². The summed E-state index contributed by atoms with van der Waals surface area (Å²) in [6.07, 6.45) is 6.10.